The van der Waals surface area contributed by atoms with Gasteiger partial charge >= 0.3 is 0 Å². The molecule has 0 spiro atoms. The Morgan fingerprint density at radius 2 is 2.21 bits per heavy atom. The molecular formula is C11H16FNO. The molecule has 0 aromatic heterocycles. The Labute approximate surface area is 84.1 Å². The number of halogens is 1. The predicted molar refractivity (Wildman–Crippen MR) is 55.2 cm³/mol. The maximum absolute atomic E-state index is 13.4. The van der Waals surface area contributed by atoms with E-state index in [1.807, 2.05) is 14.0 Å². The lowest BCUT2D eigenvalue weighted by atomic mass is 10.1. The molecule has 0 saturated heterocycles. The van der Waals surface area contributed by atoms with Crippen LogP contribution in [0, 0.1) is 5.82 Å². The van der Waals surface area contributed by atoms with Crippen LogP contribution in [0.5, 0.6) is 5.75 Å². The maximum atomic E-state index is 13.4. The molecule has 1 N–H and O–H groups in total. The van der Waals surface area contributed by atoms with Crippen LogP contribution in [0.2, 0.25) is 0 Å². The molecule has 1 atom stereocenters. The standard InChI is InChI=1S/C11H16FNO/c1-8(13-2)6-9-4-5-10(14-3)7-11(9)12/h4-5,7-8,13H,6H2,1-3H3. The van der Waals surface area contributed by atoms with Crippen LogP contribution >= 0.6 is 0 Å². The monoisotopic (exact) mass is 197 g/mol. The summed E-state index contributed by atoms with van der Waals surface area (Å²) in [4.78, 5) is 0. The summed E-state index contributed by atoms with van der Waals surface area (Å²) in [5.41, 5.74) is 0.715. The molecule has 0 radical (unpaired) electrons. The topological polar surface area (TPSA) is 21.3 Å². The quantitative estimate of drug-likeness (QED) is 0.797. The van der Waals surface area contributed by atoms with E-state index in [2.05, 4.69) is 5.32 Å². The first-order chi connectivity index (χ1) is 6.67. The van der Waals surface area contributed by atoms with Crippen molar-refractivity contribution in [3.8, 4) is 5.75 Å². The Balaban J connectivity index is 2.78. The molecule has 1 rings (SSSR count). The van der Waals surface area contributed by atoms with Crippen LogP contribution in [0.25, 0.3) is 0 Å². The van der Waals surface area contributed by atoms with Gasteiger partial charge in [0.25, 0.3) is 0 Å². The molecule has 78 valence electrons. The number of methoxy groups -OCH3 is 1. The van der Waals surface area contributed by atoms with Gasteiger partial charge in [-0.2, -0.15) is 0 Å². The average molecular weight is 197 g/mol. The van der Waals surface area contributed by atoms with Crippen molar-refractivity contribution in [3.05, 3.63) is 29.6 Å². The number of nitrogens with one attached hydrogen (secondary N) is 1. The van der Waals surface area contributed by atoms with Gasteiger partial charge < -0.3 is 10.1 Å². The van der Waals surface area contributed by atoms with Gasteiger partial charge in [-0.15, -0.1) is 0 Å². The van der Waals surface area contributed by atoms with Gasteiger partial charge in [0.2, 0.25) is 0 Å². The fourth-order valence-electron chi connectivity index (χ4n) is 1.25. The number of hydrogen-bond donors (Lipinski definition) is 1. The molecule has 1 aromatic carbocycles. The van der Waals surface area contributed by atoms with E-state index in [0.717, 1.165) is 0 Å². The third-order valence-corrected chi connectivity index (χ3v) is 2.28. The third-order valence-electron chi connectivity index (χ3n) is 2.28. The summed E-state index contributed by atoms with van der Waals surface area (Å²) in [6.45, 7) is 2.02. The van der Waals surface area contributed by atoms with Crippen LogP contribution in [-0.4, -0.2) is 20.2 Å². The lowest BCUT2D eigenvalue weighted by molar-refractivity contribution is 0.410. The van der Waals surface area contributed by atoms with Crippen LogP contribution < -0.4 is 10.1 Å². The van der Waals surface area contributed by atoms with Gasteiger partial charge in [-0.05, 0) is 32.0 Å². The van der Waals surface area contributed by atoms with Gasteiger partial charge in [-0.3, -0.25) is 0 Å². The highest BCUT2D eigenvalue weighted by atomic mass is 19.1. The first-order valence-corrected chi connectivity index (χ1v) is 4.67. The van der Waals surface area contributed by atoms with Crippen molar-refractivity contribution < 1.29 is 9.13 Å². The zero-order valence-electron chi connectivity index (χ0n) is 8.80. The van der Waals surface area contributed by atoms with Crippen LogP contribution in [0.3, 0.4) is 0 Å². The Morgan fingerprint density at radius 1 is 1.50 bits per heavy atom. The molecule has 0 amide bonds. The van der Waals surface area contributed by atoms with E-state index in [1.54, 1.807) is 12.1 Å². The Morgan fingerprint density at radius 3 is 2.71 bits per heavy atom. The molecule has 0 saturated carbocycles. The molecule has 1 unspecified atom stereocenters. The zero-order chi connectivity index (χ0) is 10.6. The highest BCUT2D eigenvalue weighted by Crippen LogP contribution is 2.17. The van der Waals surface area contributed by atoms with Crippen LogP contribution in [-0.2, 0) is 6.42 Å². The van der Waals surface area contributed by atoms with Gasteiger partial charge in [0, 0.05) is 12.1 Å². The summed E-state index contributed by atoms with van der Waals surface area (Å²) in [5.74, 6) is 0.356. The molecule has 0 fully saturated rings. The Hall–Kier alpha value is -1.09. The third kappa shape index (κ3) is 2.70. The van der Waals surface area contributed by atoms with Crippen LogP contribution in [0.4, 0.5) is 4.39 Å². The van der Waals surface area contributed by atoms with E-state index in [0.29, 0.717) is 17.7 Å². The van der Waals surface area contributed by atoms with Crippen molar-refractivity contribution in [2.45, 2.75) is 19.4 Å². The van der Waals surface area contributed by atoms with E-state index in [9.17, 15) is 4.39 Å². The minimum absolute atomic E-state index is 0.202. The van der Waals surface area contributed by atoms with E-state index in [1.165, 1.54) is 13.2 Å². The molecule has 14 heavy (non-hydrogen) atoms. The summed E-state index contributed by atoms with van der Waals surface area (Å²) in [6, 6.07) is 5.23. The van der Waals surface area contributed by atoms with Crippen LogP contribution in [0.15, 0.2) is 18.2 Å². The molecule has 2 nitrogen and oxygen atoms in total. The zero-order valence-corrected chi connectivity index (χ0v) is 8.80. The molecule has 0 aliphatic rings. The summed E-state index contributed by atoms with van der Waals surface area (Å²) in [6.07, 6.45) is 0.687. The minimum atomic E-state index is -0.202. The van der Waals surface area contributed by atoms with E-state index in [-0.39, 0.29) is 11.9 Å². The molecule has 0 aliphatic heterocycles. The number of benzene rings is 1. The van der Waals surface area contributed by atoms with Gasteiger partial charge in [0.15, 0.2) is 0 Å². The Kier molecular flexibility index (Phi) is 3.89. The summed E-state index contributed by atoms with van der Waals surface area (Å²) >= 11 is 0. The van der Waals surface area contributed by atoms with Crippen molar-refractivity contribution in [1.82, 2.24) is 5.32 Å². The fraction of sp³-hybridized carbons (Fsp3) is 0.455. The first-order valence-electron chi connectivity index (χ1n) is 4.67. The van der Waals surface area contributed by atoms with Crippen molar-refractivity contribution in [2.24, 2.45) is 0 Å². The number of ether oxygens (including phenoxy) is 1. The lowest BCUT2D eigenvalue weighted by Gasteiger charge is -2.11. The largest absolute Gasteiger partial charge is 0.497 e. The SMILES string of the molecule is CNC(C)Cc1ccc(OC)cc1F. The van der Waals surface area contributed by atoms with Crippen LogP contribution in [0.1, 0.15) is 12.5 Å². The molecule has 3 heteroatoms. The second-order valence-corrected chi connectivity index (χ2v) is 3.35. The smallest absolute Gasteiger partial charge is 0.130 e. The fourth-order valence-corrected chi connectivity index (χ4v) is 1.25. The van der Waals surface area contributed by atoms with E-state index in [4.69, 9.17) is 4.74 Å². The number of likely N-dealkylation sites (N-methyl/N-ethyl adjacent to an activating group) is 1. The van der Waals surface area contributed by atoms with Gasteiger partial charge in [-0.25, -0.2) is 4.39 Å². The predicted octanol–water partition coefficient (Wildman–Crippen LogP) is 1.98. The van der Waals surface area contributed by atoms with E-state index >= 15 is 0 Å². The van der Waals surface area contributed by atoms with Gasteiger partial charge in [0.1, 0.15) is 11.6 Å². The number of hydrogen-bond acceptors (Lipinski definition) is 2. The van der Waals surface area contributed by atoms with Crippen molar-refractivity contribution in [3.63, 3.8) is 0 Å². The van der Waals surface area contributed by atoms with Crippen molar-refractivity contribution >= 4 is 0 Å². The minimum Gasteiger partial charge on any atom is -0.497 e. The van der Waals surface area contributed by atoms with Gasteiger partial charge in [0.05, 0.1) is 7.11 Å². The second-order valence-electron chi connectivity index (χ2n) is 3.35. The highest BCUT2D eigenvalue weighted by Gasteiger charge is 2.07. The molecule has 0 heterocycles. The maximum Gasteiger partial charge on any atom is 0.130 e. The summed E-state index contributed by atoms with van der Waals surface area (Å²) in [7, 11) is 3.40. The second kappa shape index (κ2) is 4.96. The molecule has 0 aliphatic carbocycles. The molecule has 0 bridgehead atoms. The van der Waals surface area contributed by atoms with Crippen molar-refractivity contribution in [1.29, 1.82) is 0 Å². The highest BCUT2D eigenvalue weighted by molar-refractivity contribution is 5.29. The lowest BCUT2D eigenvalue weighted by Crippen LogP contribution is -2.23. The normalized spacial score (nSPS) is 12.6. The molecule has 1 aromatic rings. The van der Waals surface area contributed by atoms with Gasteiger partial charge in [-0.1, -0.05) is 6.07 Å². The Bertz CT molecular complexity index is 301. The molecular weight excluding hydrogens is 181 g/mol. The summed E-state index contributed by atoms with van der Waals surface area (Å²) < 4.78 is 18.4. The number of rotatable bonds is 4. The van der Waals surface area contributed by atoms with E-state index < -0.39 is 0 Å². The summed E-state index contributed by atoms with van der Waals surface area (Å²) in [5, 5.41) is 3.07. The average Bonchev–Trinajstić information content (AvgIpc) is 2.20. The van der Waals surface area contributed by atoms with Crippen molar-refractivity contribution in [2.75, 3.05) is 14.2 Å². The first kappa shape index (κ1) is 11.0.